The number of rotatable bonds is 3. The second-order valence-corrected chi connectivity index (χ2v) is 3.19. The van der Waals surface area contributed by atoms with Gasteiger partial charge in [0.25, 0.3) is 0 Å². The van der Waals surface area contributed by atoms with Crippen LogP contribution in [0.4, 0.5) is 0 Å². The van der Waals surface area contributed by atoms with Crippen LogP contribution in [-0.2, 0) is 0 Å². The molecule has 0 fully saturated rings. The fraction of sp³-hybridized carbons (Fsp3) is 0.455. The number of hydrogen-bond acceptors (Lipinski definition) is 1. The van der Waals surface area contributed by atoms with E-state index in [4.69, 9.17) is 0 Å². The zero-order chi connectivity index (χ0) is 9.23. The predicted octanol–water partition coefficient (Wildman–Crippen LogP) is 4.59. The highest BCUT2D eigenvalue weighted by atomic mass is 32.1. The van der Waals surface area contributed by atoms with Gasteiger partial charge in [0.1, 0.15) is 0 Å². The topological polar surface area (TPSA) is 0 Å². The Balaban J connectivity index is 0.000000561. The van der Waals surface area contributed by atoms with Crippen molar-refractivity contribution in [2.45, 2.75) is 33.6 Å². The van der Waals surface area contributed by atoms with E-state index in [9.17, 15) is 0 Å². The first-order valence-corrected chi connectivity index (χ1v) is 5.51. The highest BCUT2D eigenvalue weighted by Gasteiger charge is 1.82. The first-order valence-electron chi connectivity index (χ1n) is 4.63. The standard InChI is InChI=1S/C9H12S.C2H6/c1-2-3-4-6-9-7-5-8-10-9;1-2/h4-8H,2-3H2,1H3;1-2H3/b6-4+;. The van der Waals surface area contributed by atoms with E-state index in [1.807, 2.05) is 13.8 Å². The molecule has 0 unspecified atom stereocenters. The highest BCUT2D eigenvalue weighted by molar-refractivity contribution is 7.10. The summed E-state index contributed by atoms with van der Waals surface area (Å²) in [6.45, 7) is 6.19. The van der Waals surface area contributed by atoms with Crippen LogP contribution in [0, 0.1) is 0 Å². The van der Waals surface area contributed by atoms with Gasteiger partial charge >= 0.3 is 0 Å². The van der Waals surface area contributed by atoms with Gasteiger partial charge in [0.05, 0.1) is 0 Å². The van der Waals surface area contributed by atoms with Crippen molar-refractivity contribution in [2.75, 3.05) is 0 Å². The van der Waals surface area contributed by atoms with E-state index in [1.165, 1.54) is 17.7 Å². The lowest BCUT2D eigenvalue weighted by Gasteiger charge is -1.82. The molecule has 0 atom stereocenters. The summed E-state index contributed by atoms with van der Waals surface area (Å²) in [5.74, 6) is 0. The molecule has 0 aliphatic heterocycles. The molecular weight excluding hydrogens is 164 g/mol. The van der Waals surface area contributed by atoms with Gasteiger partial charge in [-0.15, -0.1) is 11.3 Å². The molecule has 68 valence electrons. The number of thiophene rings is 1. The summed E-state index contributed by atoms with van der Waals surface area (Å²) in [6.07, 6.45) is 6.85. The SMILES string of the molecule is CC.CCC/C=C/c1cccs1. The zero-order valence-corrected chi connectivity index (χ0v) is 9.03. The van der Waals surface area contributed by atoms with E-state index in [1.54, 1.807) is 11.3 Å². The minimum atomic E-state index is 1.19. The summed E-state index contributed by atoms with van der Waals surface area (Å²) in [7, 11) is 0. The third kappa shape index (κ3) is 5.14. The van der Waals surface area contributed by atoms with Crippen molar-refractivity contribution < 1.29 is 0 Å². The highest BCUT2D eigenvalue weighted by Crippen LogP contribution is 2.10. The van der Waals surface area contributed by atoms with Gasteiger partial charge in [0, 0.05) is 4.88 Å². The normalized spacial score (nSPS) is 9.58. The van der Waals surface area contributed by atoms with Crippen molar-refractivity contribution in [1.29, 1.82) is 0 Å². The van der Waals surface area contributed by atoms with Crippen molar-refractivity contribution in [1.82, 2.24) is 0 Å². The second kappa shape index (κ2) is 8.54. The van der Waals surface area contributed by atoms with Gasteiger partial charge in [-0.05, 0) is 23.9 Å². The van der Waals surface area contributed by atoms with E-state index in [2.05, 4.69) is 36.6 Å². The lowest BCUT2D eigenvalue weighted by Crippen LogP contribution is -1.60. The van der Waals surface area contributed by atoms with Gasteiger partial charge in [-0.1, -0.05) is 39.3 Å². The summed E-state index contributed by atoms with van der Waals surface area (Å²) in [4.78, 5) is 1.36. The summed E-state index contributed by atoms with van der Waals surface area (Å²) < 4.78 is 0. The summed E-state index contributed by atoms with van der Waals surface area (Å²) >= 11 is 1.79. The van der Waals surface area contributed by atoms with E-state index in [-0.39, 0.29) is 0 Å². The average Bonchev–Trinajstić information content (AvgIpc) is 2.61. The molecule has 0 nitrogen and oxygen atoms in total. The maximum atomic E-state index is 2.23. The Morgan fingerprint density at radius 3 is 2.67 bits per heavy atom. The fourth-order valence-electron chi connectivity index (χ4n) is 0.752. The van der Waals surface area contributed by atoms with Crippen LogP contribution >= 0.6 is 11.3 Å². The molecular formula is C11H18S. The smallest absolute Gasteiger partial charge is 0.0267 e. The Morgan fingerprint density at radius 2 is 2.17 bits per heavy atom. The number of hydrogen-bond donors (Lipinski definition) is 0. The molecule has 0 spiro atoms. The molecule has 0 amide bonds. The van der Waals surface area contributed by atoms with E-state index in [0.29, 0.717) is 0 Å². The minimum Gasteiger partial charge on any atom is -0.144 e. The van der Waals surface area contributed by atoms with Crippen molar-refractivity contribution >= 4 is 17.4 Å². The second-order valence-electron chi connectivity index (χ2n) is 2.21. The fourth-order valence-corrected chi connectivity index (χ4v) is 1.40. The largest absolute Gasteiger partial charge is 0.144 e. The Hall–Kier alpha value is -0.560. The molecule has 1 aromatic rings. The van der Waals surface area contributed by atoms with Gasteiger partial charge in [-0.3, -0.25) is 0 Å². The lowest BCUT2D eigenvalue weighted by atomic mass is 10.3. The maximum Gasteiger partial charge on any atom is 0.0267 e. The molecule has 0 radical (unpaired) electrons. The molecule has 1 aromatic heterocycles. The van der Waals surface area contributed by atoms with Crippen LogP contribution < -0.4 is 0 Å². The van der Waals surface area contributed by atoms with E-state index >= 15 is 0 Å². The van der Waals surface area contributed by atoms with Crippen LogP contribution in [0.25, 0.3) is 6.08 Å². The van der Waals surface area contributed by atoms with Crippen molar-refractivity contribution in [3.8, 4) is 0 Å². The molecule has 0 N–H and O–H groups in total. The number of allylic oxidation sites excluding steroid dienone is 1. The molecule has 0 aromatic carbocycles. The molecule has 0 bridgehead atoms. The Morgan fingerprint density at radius 1 is 1.42 bits per heavy atom. The van der Waals surface area contributed by atoms with Gasteiger partial charge in [-0.2, -0.15) is 0 Å². The minimum absolute atomic E-state index is 1.19. The van der Waals surface area contributed by atoms with Crippen LogP contribution in [0.5, 0.6) is 0 Å². The van der Waals surface area contributed by atoms with Crippen LogP contribution in [-0.4, -0.2) is 0 Å². The molecule has 0 saturated heterocycles. The van der Waals surface area contributed by atoms with E-state index in [0.717, 1.165) is 0 Å². The van der Waals surface area contributed by atoms with Crippen LogP contribution in [0.1, 0.15) is 38.5 Å². The van der Waals surface area contributed by atoms with Crippen LogP contribution in [0.2, 0.25) is 0 Å². The molecule has 1 heterocycles. The summed E-state index contributed by atoms with van der Waals surface area (Å²) in [6, 6.07) is 4.22. The molecule has 0 aliphatic rings. The molecule has 0 saturated carbocycles. The van der Waals surface area contributed by atoms with Crippen molar-refractivity contribution in [3.05, 3.63) is 28.5 Å². The maximum absolute atomic E-state index is 2.23. The third-order valence-corrected chi connectivity index (χ3v) is 2.12. The van der Waals surface area contributed by atoms with Crippen molar-refractivity contribution in [2.24, 2.45) is 0 Å². The molecule has 1 rings (SSSR count). The van der Waals surface area contributed by atoms with Gasteiger partial charge in [0.2, 0.25) is 0 Å². The summed E-state index contributed by atoms with van der Waals surface area (Å²) in [5, 5.41) is 2.10. The molecule has 12 heavy (non-hydrogen) atoms. The van der Waals surface area contributed by atoms with Crippen LogP contribution in [0.3, 0.4) is 0 Å². The average molecular weight is 182 g/mol. The van der Waals surface area contributed by atoms with Gasteiger partial charge in [-0.25, -0.2) is 0 Å². The first-order chi connectivity index (χ1) is 5.93. The third-order valence-electron chi connectivity index (χ3n) is 1.28. The lowest BCUT2D eigenvalue weighted by molar-refractivity contribution is 0.962. The first kappa shape index (κ1) is 11.4. The Kier molecular flexibility index (Phi) is 8.14. The van der Waals surface area contributed by atoms with Crippen LogP contribution in [0.15, 0.2) is 23.6 Å². The van der Waals surface area contributed by atoms with E-state index < -0.39 is 0 Å². The quantitative estimate of drug-likeness (QED) is 0.641. The van der Waals surface area contributed by atoms with Crippen molar-refractivity contribution in [3.63, 3.8) is 0 Å². The molecule has 1 heteroatoms. The van der Waals surface area contributed by atoms with Gasteiger partial charge in [0.15, 0.2) is 0 Å². The predicted molar refractivity (Wildman–Crippen MR) is 59.6 cm³/mol. The van der Waals surface area contributed by atoms with Gasteiger partial charge < -0.3 is 0 Å². The zero-order valence-electron chi connectivity index (χ0n) is 8.21. The monoisotopic (exact) mass is 182 g/mol. The molecule has 0 aliphatic carbocycles. The Labute approximate surface area is 79.9 Å². The summed E-state index contributed by atoms with van der Waals surface area (Å²) in [5.41, 5.74) is 0. The number of unbranched alkanes of at least 4 members (excludes halogenated alkanes) is 1. The Bertz CT molecular complexity index is 185.